The fraction of sp³-hybridized carbons (Fsp3) is 0.583. The van der Waals surface area contributed by atoms with Crippen molar-refractivity contribution in [2.24, 2.45) is 5.92 Å². The molecule has 0 aromatic carbocycles. The van der Waals surface area contributed by atoms with Crippen LogP contribution in [0.15, 0.2) is 4.90 Å². The van der Waals surface area contributed by atoms with Crippen molar-refractivity contribution in [3.05, 3.63) is 4.88 Å². The fourth-order valence-corrected chi connectivity index (χ4v) is 4.78. The first-order valence-electron chi connectivity index (χ1n) is 6.40. The van der Waals surface area contributed by atoms with Crippen molar-refractivity contribution in [1.82, 2.24) is 5.32 Å². The van der Waals surface area contributed by atoms with Crippen molar-refractivity contribution in [3.8, 4) is 0 Å². The van der Waals surface area contributed by atoms with Gasteiger partial charge in [-0.1, -0.05) is 13.3 Å². The summed E-state index contributed by atoms with van der Waals surface area (Å²) in [5.74, 6) is 0.197. The average molecular weight is 317 g/mol. The first-order valence-corrected chi connectivity index (χ1v) is 9.11. The van der Waals surface area contributed by atoms with Crippen LogP contribution in [0, 0.1) is 5.92 Å². The third-order valence-corrected chi connectivity index (χ3v) is 5.90. The van der Waals surface area contributed by atoms with Gasteiger partial charge in [0.2, 0.25) is 0 Å². The van der Waals surface area contributed by atoms with E-state index in [0.717, 1.165) is 30.4 Å². The van der Waals surface area contributed by atoms with Crippen LogP contribution in [0.3, 0.4) is 0 Å². The van der Waals surface area contributed by atoms with Gasteiger partial charge < -0.3 is 16.4 Å². The molecule has 1 heterocycles. The molecule has 2 atom stereocenters. The number of amides is 1. The number of rotatable bonds is 5. The van der Waals surface area contributed by atoms with Gasteiger partial charge in [-0.2, -0.15) is 0 Å². The van der Waals surface area contributed by atoms with Gasteiger partial charge in [0.05, 0.1) is 5.69 Å². The molecule has 1 amide bonds. The summed E-state index contributed by atoms with van der Waals surface area (Å²) in [6.45, 7) is 2.10. The molecule has 0 saturated heterocycles. The molecule has 1 aliphatic rings. The molecule has 20 heavy (non-hydrogen) atoms. The fourth-order valence-electron chi connectivity index (χ4n) is 2.22. The van der Waals surface area contributed by atoms with Crippen molar-refractivity contribution < 1.29 is 13.2 Å². The molecule has 0 spiro atoms. The Labute approximate surface area is 122 Å². The average Bonchev–Trinajstić information content (AvgIpc) is 3.02. The highest BCUT2D eigenvalue weighted by Gasteiger charge is 2.37. The summed E-state index contributed by atoms with van der Waals surface area (Å²) in [5, 5.41) is 6.16. The second kappa shape index (κ2) is 5.25. The van der Waals surface area contributed by atoms with E-state index in [1.807, 2.05) is 0 Å². The second-order valence-corrected chi connectivity index (χ2v) is 7.98. The van der Waals surface area contributed by atoms with Crippen molar-refractivity contribution in [2.75, 3.05) is 24.4 Å². The molecule has 1 aromatic heterocycles. The molecule has 4 N–H and O–H groups in total. The van der Waals surface area contributed by atoms with E-state index in [4.69, 9.17) is 5.73 Å². The van der Waals surface area contributed by atoms with Crippen LogP contribution < -0.4 is 16.4 Å². The van der Waals surface area contributed by atoms with Gasteiger partial charge in [0.25, 0.3) is 5.91 Å². The van der Waals surface area contributed by atoms with Gasteiger partial charge in [0, 0.05) is 19.3 Å². The van der Waals surface area contributed by atoms with Crippen LogP contribution in [0.2, 0.25) is 0 Å². The number of nitrogens with one attached hydrogen (secondary N) is 2. The van der Waals surface area contributed by atoms with Crippen LogP contribution in [0.25, 0.3) is 0 Å². The summed E-state index contributed by atoms with van der Waals surface area (Å²) in [4.78, 5) is 12.0. The number of nitrogen functional groups attached to an aromatic ring is 1. The van der Waals surface area contributed by atoms with Crippen LogP contribution in [-0.2, 0) is 9.84 Å². The number of nitrogens with two attached hydrogens (primary N) is 1. The zero-order valence-corrected chi connectivity index (χ0v) is 13.3. The highest BCUT2D eigenvalue weighted by molar-refractivity contribution is 7.91. The first kappa shape index (κ1) is 15.1. The van der Waals surface area contributed by atoms with E-state index < -0.39 is 9.84 Å². The monoisotopic (exact) mass is 317 g/mol. The molecule has 0 aliphatic heterocycles. The Bertz CT molecular complexity index is 637. The van der Waals surface area contributed by atoms with Gasteiger partial charge in [-0.15, -0.1) is 11.3 Å². The number of hydrogen-bond donors (Lipinski definition) is 3. The van der Waals surface area contributed by atoms with Crippen LogP contribution in [0.5, 0.6) is 0 Å². The Kier molecular flexibility index (Phi) is 3.97. The minimum atomic E-state index is -3.48. The van der Waals surface area contributed by atoms with Crippen molar-refractivity contribution in [3.63, 3.8) is 0 Å². The predicted octanol–water partition coefficient (Wildman–Crippen LogP) is 1.30. The number of hydrogen-bond acceptors (Lipinski definition) is 6. The predicted molar refractivity (Wildman–Crippen MR) is 81.0 cm³/mol. The van der Waals surface area contributed by atoms with Gasteiger partial charge in [-0.25, -0.2) is 8.42 Å². The quantitative estimate of drug-likeness (QED) is 0.760. The lowest BCUT2D eigenvalue weighted by Crippen LogP contribution is -2.18. The molecule has 0 bridgehead atoms. The first-order chi connectivity index (χ1) is 9.29. The van der Waals surface area contributed by atoms with E-state index >= 15 is 0 Å². The zero-order valence-electron chi connectivity index (χ0n) is 11.7. The van der Waals surface area contributed by atoms with Gasteiger partial charge in [-0.05, 0) is 12.3 Å². The lowest BCUT2D eigenvalue weighted by atomic mass is 10.3. The van der Waals surface area contributed by atoms with Gasteiger partial charge in [0.1, 0.15) is 14.8 Å². The number of anilines is 2. The van der Waals surface area contributed by atoms with Crippen molar-refractivity contribution in [2.45, 2.75) is 30.7 Å². The summed E-state index contributed by atoms with van der Waals surface area (Å²) in [6, 6.07) is 0.274. The number of thiophene rings is 1. The zero-order chi connectivity index (χ0) is 15.1. The van der Waals surface area contributed by atoms with Crippen LogP contribution >= 0.6 is 11.3 Å². The van der Waals surface area contributed by atoms with E-state index in [-0.39, 0.29) is 27.4 Å². The largest absolute Gasteiger partial charge is 0.396 e. The topological polar surface area (TPSA) is 101 Å². The van der Waals surface area contributed by atoms with Gasteiger partial charge in [-0.3, -0.25) is 4.79 Å². The molecule has 2 unspecified atom stereocenters. The number of carbonyl (C=O) groups is 1. The van der Waals surface area contributed by atoms with Gasteiger partial charge in [0.15, 0.2) is 9.84 Å². The molecule has 1 aliphatic carbocycles. The molecule has 8 heteroatoms. The van der Waals surface area contributed by atoms with Crippen LogP contribution in [-0.4, -0.2) is 33.7 Å². The maximum absolute atomic E-state index is 11.9. The van der Waals surface area contributed by atoms with Crippen molar-refractivity contribution in [1.29, 1.82) is 0 Å². The smallest absolute Gasteiger partial charge is 0.263 e. The summed E-state index contributed by atoms with van der Waals surface area (Å²) < 4.78 is 23.8. The summed E-state index contributed by atoms with van der Waals surface area (Å²) in [5.41, 5.74) is 5.90. The molecule has 0 radical (unpaired) electrons. The van der Waals surface area contributed by atoms with Crippen LogP contribution in [0.1, 0.15) is 29.4 Å². The third-order valence-electron chi connectivity index (χ3n) is 3.47. The Morgan fingerprint density at radius 3 is 2.60 bits per heavy atom. The third kappa shape index (κ3) is 2.76. The van der Waals surface area contributed by atoms with E-state index in [0.29, 0.717) is 10.9 Å². The standard InChI is InChI=1S/C12H19N3O3S2/c1-4-6-5-7(6)15-12-10(20(3,17)18)8(13)9(19-12)11(16)14-2/h6-7,15H,4-5,13H2,1-3H3,(H,14,16). The minimum Gasteiger partial charge on any atom is -0.396 e. The highest BCUT2D eigenvalue weighted by atomic mass is 32.2. The van der Waals surface area contributed by atoms with Crippen LogP contribution in [0.4, 0.5) is 10.7 Å². The summed E-state index contributed by atoms with van der Waals surface area (Å²) >= 11 is 1.10. The molecule has 112 valence electrons. The molecule has 2 rings (SSSR count). The lowest BCUT2D eigenvalue weighted by molar-refractivity contribution is 0.0968. The molecule has 1 saturated carbocycles. The summed E-state index contributed by atoms with van der Waals surface area (Å²) in [6.07, 6.45) is 3.18. The van der Waals surface area contributed by atoms with E-state index in [9.17, 15) is 13.2 Å². The Morgan fingerprint density at radius 1 is 1.50 bits per heavy atom. The maximum atomic E-state index is 11.9. The molecule has 1 fully saturated rings. The SMILES string of the molecule is CCC1CC1Nc1sc(C(=O)NC)c(N)c1S(C)(=O)=O. The van der Waals surface area contributed by atoms with Crippen molar-refractivity contribution >= 4 is 37.8 Å². The summed E-state index contributed by atoms with van der Waals surface area (Å²) in [7, 11) is -2.00. The molecule has 1 aromatic rings. The van der Waals surface area contributed by atoms with E-state index in [2.05, 4.69) is 17.6 Å². The van der Waals surface area contributed by atoms with E-state index in [1.165, 1.54) is 7.05 Å². The maximum Gasteiger partial charge on any atom is 0.263 e. The molecule has 6 nitrogen and oxygen atoms in total. The lowest BCUT2D eigenvalue weighted by Gasteiger charge is -2.05. The number of sulfone groups is 1. The Balaban J connectivity index is 2.42. The van der Waals surface area contributed by atoms with E-state index in [1.54, 1.807) is 0 Å². The normalized spacial score (nSPS) is 21.6. The second-order valence-electron chi connectivity index (χ2n) is 5.01. The Hall–Kier alpha value is -1.28. The highest BCUT2D eigenvalue weighted by Crippen LogP contribution is 2.43. The minimum absolute atomic E-state index is 0.0352. The number of carbonyl (C=O) groups excluding carboxylic acids is 1. The Morgan fingerprint density at radius 2 is 2.15 bits per heavy atom. The molecular weight excluding hydrogens is 298 g/mol. The van der Waals surface area contributed by atoms with Gasteiger partial charge >= 0.3 is 0 Å². The molecular formula is C12H19N3O3S2.